The maximum Gasteiger partial charge on any atom is 0.344 e. The van der Waals surface area contributed by atoms with E-state index in [-0.39, 0.29) is 72.7 Å². The van der Waals surface area contributed by atoms with Gasteiger partial charge in [-0.1, -0.05) is 45.8 Å². The van der Waals surface area contributed by atoms with Crippen molar-refractivity contribution in [2.24, 2.45) is 0 Å². The molecule has 1 saturated carbocycles. The first-order chi connectivity index (χ1) is 24.2. The van der Waals surface area contributed by atoms with Gasteiger partial charge < -0.3 is 34.0 Å². The molecule has 4 heterocycles. The minimum Gasteiger partial charge on any atom is -0.458 e. The highest BCUT2D eigenvalue weighted by molar-refractivity contribution is 7.22. The number of anilines is 1. The second-order valence-electron chi connectivity index (χ2n) is 12.6. The number of carbonyl (C=O) groups is 3. The topological polar surface area (TPSA) is 156 Å². The van der Waals surface area contributed by atoms with E-state index in [1.807, 2.05) is 0 Å². The number of benzene rings is 2. The molecular weight excluding hydrogens is 714 g/mol. The van der Waals surface area contributed by atoms with E-state index in [4.69, 9.17) is 47.4 Å². The molecule has 3 aliphatic rings. The maximum atomic E-state index is 15.3. The molecule has 12 nitrogen and oxygen atoms in total. The summed E-state index contributed by atoms with van der Waals surface area (Å²) < 4.78 is 32.6. The number of aliphatic hydroxyl groups is 2. The van der Waals surface area contributed by atoms with E-state index in [2.05, 4.69) is 15.0 Å². The average molecular weight is 748 g/mol. The summed E-state index contributed by atoms with van der Waals surface area (Å²) in [7, 11) is 0. The summed E-state index contributed by atoms with van der Waals surface area (Å²) >= 11 is 14.2. The van der Waals surface area contributed by atoms with Gasteiger partial charge in [0.05, 0.1) is 33.5 Å². The number of thiazole rings is 1. The van der Waals surface area contributed by atoms with Gasteiger partial charge in [0.1, 0.15) is 22.9 Å². The lowest BCUT2D eigenvalue weighted by Crippen LogP contribution is -2.46. The van der Waals surface area contributed by atoms with Gasteiger partial charge in [0.25, 0.3) is 5.91 Å². The first-order valence-corrected chi connectivity index (χ1v) is 17.9. The highest BCUT2D eigenvalue weighted by Gasteiger charge is 2.45. The maximum absolute atomic E-state index is 15.3. The molecule has 1 aliphatic carbocycles. The monoisotopic (exact) mass is 746 g/mol. The Kier molecular flexibility index (Phi) is 9.99. The molecule has 2 saturated heterocycles. The molecule has 264 valence electrons. The Morgan fingerprint density at radius 2 is 1.70 bits per heavy atom. The Labute approximate surface area is 299 Å². The predicted molar refractivity (Wildman–Crippen MR) is 182 cm³/mol. The van der Waals surface area contributed by atoms with Crippen molar-refractivity contribution in [3.8, 4) is 11.3 Å². The summed E-state index contributed by atoms with van der Waals surface area (Å²) in [6, 6.07) is 7.57. The molecule has 2 N–H and O–H groups in total. The molecule has 2 aromatic heterocycles. The first kappa shape index (κ1) is 34.6. The van der Waals surface area contributed by atoms with Crippen LogP contribution in [0, 0.1) is 5.82 Å². The van der Waals surface area contributed by atoms with E-state index in [0.717, 1.165) is 31.7 Å². The summed E-state index contributed by atoms with van der Waals surface area (Å²) in [6.45, 7) is -1.29. The van der Waals surface area contributed by atoms with Crippen molar-refractivity contribution in [2.45, 2.75) is 62.6 Å². The quantitative estimate of drug-likeness (QED) is 0.174. The number of carbonyl (C=O) groups excluding carboxylic acids is 3. The van der Waals surface area contributed by atoms with Gasteiger partial charge in [-0.25, -0.2) is 19.0 Å². The van der Waals surface area contributed by atoms with Crippen LogP contribution < -0.4 is 4.90 Å². The number of nitrogens with zero attached hydrogens (tertiary/aromatic N) is 4. The molecule has 2 bridgehead atoms. The fourth-order valence-corrected chi connectivity index (χ4v) is 8.61. The fourth-order valence-electron chi connectivity index (χ4n) is 6.87. The third-order valence-corrected chi connectivity index (χ3v) is 11.0. The summed E-state index contributed by atoms with van der Waals surface area (Å²) in [5.41, 5.74) is 0.992. The molecule has 3 fully saturated rings. The number of halogens is 3. The van der Waals surface area contributed by atoms with Gasteiger partial charge in [-0.15, -0.1) is 0 Å². The molecule has 2 aliphatic heterocycles. The van der Waals surface area contributed by atoms with Crippen LogP contribution in [0.1, 0.15) is 70.9 Å². The molecular formula is C34H33Cl2FN4O8S. The summed E-state index contributed by atoms with van der Waals surface area (Å²) in [5, 5.41) is 23.8. The van der Waals surface area contributed by atoms with Crippen molar-refractivity contribution in [1.82, 2.24) is 15.0 Å². The van der Waals surface area contributed by atoms with Crippen molar-refractivity contribution in [3.05, 3.63) is 63.1 Å². The number of fused-ring (bicyclic) bond motifs is 3. The highest BCUT2D eigenvalue weighted by Crippen LogP contribution is 2.47. The molecule has 16 heteroatoms. The van der Waals surface area contributed by atoms with Crippen LogP contribution in [0.25, 0.3) is 21.5 Å². The number of aliphatic hydroxyl groups excluding tert-OH is 2. The van der Waals surface area contributed by atoms with Crippen LogP contribution >= 0.6 is 34.5 Å². The summed E-state index contributed by atoms with van der Waals surface area (Å²) in [5.74, 6) is -2.14. The standard InChI is InChI=1S/C34H33Cl2FN4O8S/c35-22-2-1-3-23(36)27(22)30-28(31(49-39-30)17-4-5-17)33(46)48-21-14-19-6-7-20(15-21)41(19)34-38-29-24(37)12-18(13-25(29)50-34)32(45)47-16-26(44)40(8-10-42)9-11-43/h1-3,12-13,17,19-21,42-43H,4-11,14-16H2/t19-,20+,21+. The Hall–Kier alpha value is -3.82. The van der Waals surface area contributed by atoms with Crippen molar-refractivity contribution in [3.63, 3.8) is 0 Å². The highest BCUT2D eigenvalue weighted by atomic mass is 35.5. The lowest BCUT2D eigenvalue weighted by molar-refractivity contribution is -0.135. The fraction of sp³-hybridized carbons (Fsp3) is 0.441. The lowest BCUT2D eigenvalue weighted by atomic mass is 9.99. The van der Waals surface area contributed by atoms with E-state index in [1.165, 1.54) is 22.3 Å². The molecule has 3 atom stereocenters. The Morgan fingerprint density at radius 1 is 1.02 bits per heavy atom. The van der Waals surface area contributed by atoms with Crippen molar-refractivity contribution in [1.29, 1.82) is 0 Å². The molecule has 1 amide bonds. The van der Waals surface area contributed by atoms with Crippen LogP contribution in [0.5, 0.6) is 0 Å². The molecule has 0 spiro atoms. The number of hydrogen-bond donors (Lipinski definition) is 2. The van der Waals surface area contributed by atoms with E-state index in [1.54, 1.807) is 18.2 Å². The van der Waals surface area contributed by atoms with Crippen LogP contribution in [-0.4, -0.2) is 94.2 Å². The van der Waals surface area contributed by atoms with Crippen LogP contribution in [-0.2, 0) is 14.3 Å². The number of piperidine rings is 1. The molecule has 50 heavy (non-hydrogen) atoms. The van der Waals surface area contributed by atoms with Gasteiger partial charge in [-0.2, -0.15) is 0 Å². The number of ether oxygens (including phenoxy) is 2. The van der Waals surface area contributed by atoms with Crippen LogP contribution in [0.4, 0.5) is 9.52 Å². The normalized spacial score (nSPS) is 19.9. The number of amides is 1. The van der Waals surface area contributed by atoms with Gasteiger partial charge in [0.2, 0.25) is 0 Å². The zero-order valence-electron chi connectivity index (χ0n) is 26.6. The number of aromatic nitrogens is 2. The molecule has 7 rings (SSSR count). The SMILES string of the molecule is O=C(OCC(=O)N(CCO)CCO)c1cc(F)c2nc(N3[C@@H]4CC[C@H]3C[C@@H](OC(=O)c3c(-c5c(Cl)cccc5Cl)noc3C3CC3)C4)sc2c1. The predicted octanol–water partition coefficient (Wildman–Crippen LogP) is 5.60. The largest absolute Gasteiger partial charge is 0.458 e. The van der Waals surface area contributed by atoms with E-state index in [0.29, 0.717) is 44.0 Å². The van der Waals surface area contributed by atoms with E-state index in [9.17, 15) is 14.4 Å². The minimum absolute atomic E-state index is 0.00531. The molecule has 2 aromatic carbocycles. The Morgan fingerprint density at radius 3 is 2.34 bits per heavy atom. The van der Waals surface area contributed by atoms with Gasteiger partial charge >= 0.3 is 11.9 Å². The minimum atomic E-state index is -0.887. The molecule has 4 aromatic rings. The second kappa shape index (κ2) is 14.4. The second-order valence-corrected chi connectivity index (χ2v) is 14.5. The molecule has 0 radical (unpaired) electrons. The lowest BCUT2D eigenvalue weighted by Gasteiger charge is -2.38. The Balaban J connectivity index is 1.05. The number of rotatable bonds is 12. The average Bonchev–Trinajstić information content (AvgIpc) is 3.59. The van der Waals surface area contributed by atoms with Gasteiger partial charge in [0, 0.05) is 49.5 Å². The third-order valence-electron chi connectivity index (χ3n) is 9.35. The van der Waals surface area contributed by atoms with Crippen LogP contribution in [0.3, 0.4) is 0 Å². The van der Waals surface area contributed by atoms with E-state index < -0.39 is 30.3 Å². The Bertz CT molecular complexity index is 1910. The zero-order valence-corrected chi connectivity index (χ0v) is 29.0. The van der Waals surface area contributed by atoms with E-state index >= 15 is 4.39 Å². The summed E-state index contributed by atoms with van der Waals surface area (Å²) in [4.78, 5) is 46.8. The number of hydrogen-bond acceptors (Lipinski definition) is 12. The van der Waals surface area contributed by atoms with Crippen LogP contribution in [0.2, 0.25) is 10.0 Å². The van der Waals surface area contributed by atoms with Gasteiger partial charge in [-0.05, 0) is 49.9 Å². The smallest absolute Gasteiger partial charge is 0.344 e. The first-order valence-electron chi connectivity index (χ1n) is 16.4. The van der Waals surface area contributed by atoms with Crippen molar-refractivity contribution < 1.29 is 43.0 Å². The molecule has 0 unspecified atom stereocenters. The van der Waals surface area contributed by atoms with Crippen molar-refractivity contribution >= 4 is 67.7 Å². The van der Waals surface area contributed by atoms with Crippen molar-refractivity contribution in [2.75, 3.05) is 37.8 Å². The van der Waals surface area contributed by atoms with Gasteiger partial charge in [0.15, 0.2) is 23.3 Å². The summed E-state index contributed by atoms with van der Waals surface area (Å²) in [6.07, 6.45) is 4.15. The zero-order chi connectivity index (χ0) is 35.1. The third kappa shape index (κ3) is 6.79. The van der Waals surface area contributed by atoms with Crippen LogP contribution in [0.15, 0.2) is 34.9 Å². The van der Waals surface area contributed by atoms with Gasteiger partial charge in [-0.3, -0.25) is 4.79 Å². The number of esters is 2.